The van der Waals surface area contributed by atoms with Crippen LogP contribution >= 0.6 is 0 Å². The monoisotopic (exact) mass is 302 g/mol. The van der Waals surface area contributed by atoms with Gasteiger partial charge in [-0.2, -0.15) is 6.42 Å². The van der Waals surface area contributed by atoms with Crippen molar-refractivity contribution in [3.8, 4) is 0 Å². The van der Waals surface area contributed by atoms with Crippen molar-refractivity contribution >= 4 is 8.32 Å². The Bertz CT molecular complexity index is 292. The van der Waals surface area contributed by atoms with Crippen molar-refractivity contribution in [2.24, 2.45) is 5.92 Å². The van der Waals surface area contributed by atoms with Crippen LogP contribution in [0.1, 0.15) is 52.9 Å². The zero-order valence-corrected chi connectivity index (χ0v) is 16.4. The van der Waals surface area contributed by atoms with Crippen molar-refractivity contribution in [2.45, 2.75) is 71.0 Å². The summed E-state index contributed by atoms with van der Waals surface area (Å²) in [6.45, 7) is 20.2. The molecule has 0 N–H and O–H groups in total. The van der Waals surface area contributed by atoms with Gasteiger partial charge in [-0.15, -0.1) is 6.58 Å². The molecular weight excluding hydrogens is 267 g/mol. The Kier molecular flexibility index (Phi) is 13.2. The molecule has 0 heterocycles. The van der Waals surface area contributed by atoms with Gasteiger partial charge in [0.15, 0.2) is 8.32 Å². The van der Waals surface area contributed by atoms with Crippen LogP contribution in [0.2, 0.25) is 18.1 Å². The second kappa shape index (κ2) is 11.8. The Labute approximate surface area is 146 Å². The van der Waals surface area contributed by atoms with E-state index < -0.39 is 8.32 Å². The topological polar surface area (TPSA) is 9.23 Å². The van der Waals surface area contributed by atoms with Crippen LogP contribution in [0.4, 0.5) is 0 Å². The molecule has 0 aliphatic heterocycles. The van der Waals surface area contributed by atoms with Crippen molar-refractivity contribution in [3.63, 3.8) is 0 Å². The smallest absolute Gasteiger partial charge is 0.417 e. The Balaban J connectivity index is 0. The first-order chi connectivity index (χ1) is 9.24. The first-order valence-corrected chi connectivity index (χ1v) is 10.9. The first kappa shape index (κ1) is 23.5. The first-order valence-electron chi connectivity index (χ1n) is 7.95. The second-order valence-corrected chi connectivity index (χ2v) is 11.9. The van der Waals surface area contributed by atoms with Gasteiger partial charge < -0.3 is 11.3 Å². The van der Waals surface area contributed by atoms with Crippen molar-refractivity contribution in [3.05, 3.63) is 31.7 Å². The molecule has 0 saturated carbocycles. The van der Waals surface area contributed by atoms with Crippen LogP contribution in [0, 0.1) is 12.8 Å². The van der Waals surface area contributed by atoms with Gasteiger partial charge in [-0.05, 0) is 43.3 Å². The molecule has 1 unspecified atom stereocenters. The molecule has 0 bridgehead atoms. The summed E-state index contributed by atoms with van der Waals surface area (Å²) in [5.74, 6) is 0.590. The minimum atomic E-state index is -1.55. The number of hydrogen-bond donors (Lipinski definition) is 0. The molecule has 0 rings (SSSR count). The molecule has 0 aliphatic rings. The van der Waals surface area contributed by atoms with Crippen LogP contribution < -0.4 is 18.9 Å². The van der Waals surface area contributed by atoms with Gasteiger partial charge in [0.1, 0.15) is 0 Å². The van der Waals surface area contributed by atoms with Gasteiger partial charge in [0.2, 0.25) is 0 Å². The minimum absolute atomic E-state index is 0. The number of unbranched alkanes of at least 4 members (excludes halogenated alkanes) is 1. The largest absolute Gasteiger partial charge is 1.00 e. The van der Waals surface area contributed by atoms with E-state index in [1.165, 1.54) is 0 Å². The van der Waals surface area contributed by atoms with E-state index in [1.807, 2.05) is 0 Å². The van der Waals surface area contributed by atoms with E-state index in [-0.39, 0.29) is 18.9 Å². The van der Waals surface area contributed by atoms with Gasteiger partial charge in [0.05, 0.1) is 0 Å². The summed E-state index contributed by atoms with van der Waals surface area (Å²) in [5, 5.41) is 0.314. The quantitative estimate of drug-likeness (QED) is 0.261. The third-order valence-electron chi connectivity index (χ3n) is 4.30. The predicted molar refractivity (Wildman–Crippen MR) is 94.4 cm³/mol. The van der Waals surface area contributed by atoms with Gasteiger partial charge in [-0.25, -0.2) is 0 Å². The Hall–Kier alpha value is 0.254. The minimum Gasteiger partial charge on any atom is -0.417 e. The van der Waals surface area contributed by atoms with E-state index in [1.54, 1.807) is 0 Å². The fraction of sp³-hybridized carbons (Fsp3) is 0.722. The average molecular weight is 303 g/mol. The normalized spacial score (nSPS) is 14.0. The molecule has 3 heteroatoms. The Morgan fingerprint density at radius 2 is 1.86 bits per heavy atom. The summed E-state index contributed by atoms with van der Waals surface area (Å²) in [6, 6.07) is 0. The van der Waals surface area contributed by atoms with Crippen molar-refractivity contribution in [1.29, 1.82) is 0 Å². The van der Waals surface area contributed by atoms with Gasteiger partial charge in [0.25, 0.3) is 0 Å². The summed E-state index contributed by atoms with van der Waals surface area (Å²) >= 11 is 0. The maximum atomic E-state index is 6.16. The van der Waals surface area contributed by atoms with E-state index in [2.05, 4.69) is 65.6 Å². The van der Waals surface area contributed by atoms with Gasteiger partial charge >= 0.3 is 18.9 Å². The zero-order chi connectivity index (χ0) is 15.6. The van der Waals surface area contributed by atoms with E-state index in [0.717, 1.165) is 38.7 Å². The van der Waals surface area contributed by atoms with Crippen LogP contribution in [0.15, 0.2) is 24.8 Å². The maximum Gasteiger partial charge on any atom is 1.00 e. The second-order valence-electron chi connectivity index (χ2n) is 7.10. The molecule has 0 radical (unpaired) electrons. The standard InChI is InChI=1S/C18H35OSi.Li/c1-8-14-17(9-2)15-12-10-11-13-16-19-20(6,7)18(3,4)5;/h9-10,12,17H,1-2,8,11,13-16H2,3-7H3;/q-1;+1/b12-10+;. The van der Waals surface area contributed by atoms with E-state index >= 15 is 0 Å². The fourth-order valence-electron chi connectivity index (χ4n) is 1.73. The third kappa shape index (κ3) is 10.6. The molecule has 0 amide bonds. The fourth-order valence-corrected chi connectivity index (χ4v) is 2.82. The van der Waals surface area contributed by atoms with Crippen LogP contribution in [-0.4, -0.2) is 14.9 Å². The molecule has 0 aliphatic carbocycles. The summed E-state index contributed by atoms with van der Waals surface area (Å²) < 4.78 is 6.16. The van der Waals surface area contributed by atoms with E-state index in [0.29, 0.717) is 11.0 Å². The number of hydrogen-bond acceptors (Lipinski definition) is 1. The number of allylic oxidation sites excluding steroid dienone is 3. The van der Waals surface area contributed by atoms with E-state index in [9.17, 15) is 0 Å². The molecule has 118 valence electrons. The van der Waals surface area contributed by atoms with Crippen LogP contribution in [0.5, 0.6) is 0 Å². The molecule has 1 nitrogen and oxygen atoms in total. The van der Waals surface area contributed by atoms with Gasteiger partial charge in [0, 0.05) is 6.61 Å². The molecule has 0 aromatic rings. The molecular formula is C18H35LiOSi. The predicted octanol–water partition coefficient (Wildman–Crippen LogP) is 3.16. The van der Waals surface area contributed by atoms with E-state index in [4.69, 9.17) is 4.43 Å². The summed E-state index contributed by atoms with van der Waals surface area (Å²) in [5.41, 5.74) is 0. The Morgan fingerprint density at radius 3 is 2.33 bits per heavy atom. The van der Waals surface area contributed by atoms with Crippen molar-refractivity contribution in [2.75, 3.05) is 6.61 Å². The molecule has 0 spiro atoms. The van der Waals surface area contributed by atoms with Gasteiger partial charge in [-0.3, -0.25) is 0 Å². The zero-order valence-electron chi connectivity index (χ0n) is 15.4. The van der Waals surface area contributed by atoms with Crippen LogP contribution in [-0.2, 0) is 4.43 Å². The Morgan fingerprint density at radius 1 is 1.24 bits per heavy atom. The summed E-state index contributed by atoms with van der Waals surface area (Å²) in [4.78, 5) is 0. The molecule has 0 fully saturated rings. The molecule has 21 heavy (non-hydrogen) atoms. The third-order valence-corrected chi connectivity index (χ3v) is 8.84. The molecule has 0 aromatic heterocycles. The van der Waals surface area contributed by atoms with Crippen LogP contribution in [0.3, 0.4) is 0 Å². The molecule has 0 saturated heterocycles. The summed E-state index contributed by atoms with van der Waals surface area (Å²) in [6.07, 6.45) is 12.1. The number of rotatable bonds is 10. The molecule has 1 atom stereocenters. The average Bonchev–Trinajstić information content (AvgIpc) is 2.34. The molecule has 0 aromatic carbocycles. The van der Waals surface area contributed by atoms with Crippen molar-refractivity contribution < 1.29 is 23.3 Å². The van der Waals surface area contributed by atoms with Gasteiger partial charge in [-0.1, -0.05) is 45.4 Å². The maximum absolute atomic E-state index is 6.16. The SMILES string of the molecule is C=CC(C/C=C/CCCO[Si](C)(C)C(C)(C)C)CC[CH2-].[Li+]. The van der Waals surface area contributed by atoms with Crippen LogP contribution in [0.25, 0.3) is 0 Å². The van der Waals surface area contributed by atoms with Crippen molar-refractivity contribution in [1.82, 2.24) is 0 Å². The summed E-state index contributed by atoms with van der Waals surface area (Å²) in [7, 11) is -1.55.